The number of aliphatic hydroxyl groups excluding tert-OH is 1. The quantitative estimate of drug-likeness (QED) is 0.179. The number of hydrogen-bond donors (Lipinski definition) is 4. The summed E-state index contributed by atoms with van der Waals surface area (Å²) in [5.41, 5.74) is -2.31. The Morgan fingerprint density at radius 2 is 2.00 bits per heavy atom. The van der Waals surface area contributed by atoms with Crippen molar-refractivity contribution in [3.05, 3.63) is 56.7 Å². The molecular formula is C24H31ClN3O9PS. The molecule has 1 saturated carbocycles. The molecule has 1 aromatic heterocycles. The van der Waals surface area contributed by atoms with Gasteiger partial charge in [-0.25, -0.2) is 4.57 Å². The number of aromatic amines is 1. The second kappa shape index (κ2) is 12.2. The van der Waals surface area contributed by atoms with Gasteiger partial charge in [0, 0.05) is 17.3 Å². The Morgan fingerprint density at radius 3 is 2.64 bits per heavy atom. The average Bonchev–Trinajstić information content (AvgIpc) is 3.46. The molecule has 0 spiro atoms. The number of benzene rings is 1. The standard InChI is InChI=1S/C24H31ClN3O9PS/c1-14(21(31)35-16-5-3-4-6-16)27-38(33,37-17-9-7-15(25)8-10-17)34-13-18-20(30)24(2,32)22(36-18)28-12-11-19(29)26-23(28)39/h7-12,14,16,18,20,22,30,32H,3-6,13H2,1-2H3,(H,27,33)(H,26,29,39)/t14-,18+,20?,22+,24+,38-/m0/s1. The summed E-state index contributed by atoms with van der Waals surface area (Å²) in [5.74, 6) is -0.470. The number of rotatable bonds is 10. The Labute approximate surface area is 234 Å². The molecule has 2 heterocycles. The van der Waals surface area contributed by atoms with E-state index >= 15 is 0 Å². The number of carbonyl (C=O) groups excluding carboxylic acids is 1. The highest BCUT2D eigenvalue weighted by atomic mass is 35.5. The van der Waals surface area contributed by atoms with E-state index < -0.39 is 56.0 Å². The van der Waals surface area contributed by atoms with Crippen molar-refractivity contribution in [1.82, 2.24) is 14.6 Å². The molecule has 2 fully saturated rings. The molecule has 2 aliphatic rings. The first-order chi connectivity index (χ1) is 18.4. The van der Waals surface area contributed by atoms with Gasteiger partial charge in [0.1, 0.15) is 35.7 Å². The van der Waals surface area contributed by atoms with Gasteiger partial charge >= 0.3 is 13.7 Å². The normalized spacial score (nSPS) is 27.7. The highest BCUT2D eigenvalue weighted by Crippen LogP contribution is 2.47. The van der Waals surface area contributed by atoms with Crippen molar-refractivity contribution in [2.24, 2.45) is 0 Å². The second-order valence-electron chi connectivity index (χ2n) is 9.75. The molecule has 1 aliphatic carbocycles. The van der Waals surface area contributed by atoms with Crippen molar-refractivity contribution in [3.63, 3.8) is 0 Å². The molecule has 39 heavy (non-hydrogen) atoms. The third-order valence-electron chi connectivity index (χ3n) is 6.60. The van der Waals surface area contributed by atoms with E-state index in [2.05, 4.69) is 10.1 Å². The van der Waals surface area contributed by atoms with Crippen LogP contribution in [0.25, 0.3) is 0 Å². The largest absolute Gasteiger partial charge is 0.461 e. The zero-order chi connectivity index (χ0) is 28.4. The molecule has 0 radical (unpaired) electrons. The van der Waals surface area contributed by atoms with Crippen molar-refractivity contribution in [2.45, 2.75) is 75.7 Å². The van der Waals surface area contributed by atoms with Gasteiger partial charge in [0.05, 0.1) is 6.61 Å². The molecule has 2 aromatic rings. The molecule has 1 saturated heterocycles. The first kappa shape index (κ1) is 29.9. The summed E-state index contributed by atoms with van der Waals surface area (Å²) >= 11 is 11.1. The number of H-pyrrole nitrogens is 1. The molecule has 1 aliphatic heterocycles. The summed E-state index contributed by atoms with van der Waals surface area (Å²) in [6, 6.07) is 6.13. The zero-order valence-electron chi connectivity index (χ0n) is 21.3. The van der Waals surface area contributed by atoms with Crippen molar-refractivity contribution in [2.75, 3.05) is 6.61 Å². The molecule has 1 unspecified atom stereocenters. The summed E-state index contributed by atoms with van der Waals surface area (Å²) in [4.78, 5) is 26.6. The van der Waals surface area contributed by atoms with Crippen molar-refractivity contribution in [3.8, 4) is 5.75 Å². The minimum atomic E-state index is -4.28. The number of ether oxygens (including phenoxy) is 2. The number of nitrogens with one attached hydrogen (secondary N) is 2. The molecule has 4 N–H and O–H groups in total. The molecule has 4 rings (SSSR count). The lowest BCUT2D eigenvalue weighted by Gasteiger charge is -2.28. The van der Waals surface area contributed by atoms with Gasteiger partial charge < -0.3 is 24.2 Å². The van der Waals surface area contributed by atoms with Crippen LogP contribution in [0, 0.1) is 4.77 Å². The molecule has 214 valence electrons. The third kappa shape index (κ3) is 7.17. The molecule has 15 heteroatoms. The van der Waals surface area contributed by atoms with E-state index in [9.17, 15) is 24.4 Å². The van der Waals surface area contributed by atoms with E-state index in [0.29, 0.717) is 5.02 Å². The molecule has 0 amide bonds. The number of halogens is 1. The van der Waals surface area contributed by atoms with E-state index in [4.69, 9.17) is 42.3 Å². The molecular weight excluding hydrogens is 573 g/mol. The average molecular weight is 604 g/mol. The van der Waals surface area contributed by atoms with E-state index in [1.807, 2.05) is 0 Å². The Kier molecular flexibility index (Phi) is 9.34. The summed E-state index contributed by atoms with van der Waals surface area (Å²) in [7, 11) is -4.28. The maximum atomic E-state index is 13.8. The van der Waals surface area contributed by atoms with Gasteiger partial charge in [0.2, 0.25) is 0 Å². The minimum Gasteiger partial charge on any atom is -0.461 e. The molecule has 0 bridgehead atoms. The van der Waals surface area contributed by atoms with Crippen LogP contribution in [0.5, 0.6) is 5.75 Å². The Bertz CT molecular complexity index is 1330. The first-order valence-corrected chi connectivity index (χ1v) is 14.8. The number of esters is 1. The zero-order valence-corrected chi connectivity index (χ0v) is 23.8. The fraction of sp³-hybridized carbons (Fsp3) is 0.542. The van der Waals surface area contributed by atoms with E-state index in [0.717, 1.165) is 25.7 Å². The van der Waals surface area contributed by atoms with E-state index in [-0.39, 0.29) is 16.6 Å². The Hall–Kier alpha value is -2.09. The predicted molar refractivity (Wildman–Crippen MR) is 143 cm³/mol. The van der Waals surface area contributed by atoms with Crippen LogP contribution in [0.2, 0.25) is 5.02 Å². The third-order valence-corrected chi connectivity index (χ3v) is 8.81. The van der Waals surface area contributed by atoms with Crippen LogP contribution in [-0.4, -0.2) is 62.3 Å². The van der Waals surface area contributed by atoms with Gasteiger partial charge in [-0.3, -0.25) is 23.7 Å². The van der Waals surface area contributed by atoms with Crippen LogP contribution in [0.1, 0.15) is 45.8 Å². The summed E-state index contributed by atoms with van der Waals surface area (Å²) in [6.07, 6.45) is 0.712. The molecule has 12 nitrogen and oxygen atoms in total. The molecule has 6 atom stereocenters. The second-order valence-corrected chi connectivity index (χ2v) is 12.3. The van der Waals surface area contributed by atoms with Crippen LogP contribution >= 0.6 is 31.6 Å². The number of hydrogen-bond acceptors (Lipinski definition) is 10. The lowest BCUT2D eigenvalue weighted by Crippen LogP contribution is -2.45. The van der Waals surface area contributed by atoms with Gasteiger partial charge in [0.25, 0.3) is 5.56 Å². The number of aromatic nitrogens is 2. The first-order valence-electron chi connectivity index (χ1n) is 12.4. The monoisotopic (exact) mass is 603 g/mol. The number of aliphatic hydroxyl groups is 2. The van der Waals surface area contributed by atoms with Crippen LogP contribution < -0.4 is 15.2 Å². The summed E-state index contributed by atoms with van der Waals surface area (Å²) in [6.45, 7) is 2.29. The van der Waals surface area contributed by atoms with Crippen LogP contribution in [0.15, 0.2) is 41.3 Å². The van der Waals surface area contributed by atoms with Gasteiger partial charge in [-0.2, -0.15) is 5.09 Å². The van der Waals surface area contributed by atoms with Crippen molar-refractivity contribution >= 4 is 37.5 Å². The topological polar surface area (TPSA) is 161 Å². The Balaban J connectivity index is 1.50. The maximum absolute atomic E-state index is 13.8. The predicted octanol–water partition coefficient (Wildman–Crippen LogP) is 3.24. The van der Waals surface area contributed by atoms with Crippen LogP contribution in [0.4, 0.5) is 0 Å². The van der Waals surface area contributed by atoms with Gasteiger partial charge in [-0.05, 0) is 76.0 Å². The van der Waals surface area contributed by atoms with E-state index in [1.165, 1.54) is 54.9 Å². The van der Waals surface area contributed by atoms with Crippen LogP contribution in [0.3, 0.4) is 0 Å². The van der Waals surface area contributed by atoms with E-state index in [1.54, 1.807) is 0 Å². The van der Waals surface area contributed by atoms with Crippen molar-refractivity contribution < 1.29 is 38.1 Å². The highest BCUT2D eigenvalue weighted by molar-refractivity contribution is 7.71. The number of carbonyl (C=O) groups is 1. The molecule has 1 aromatic carbocycles. The fourth-order valence-electron chi connectivity index (χ4n) is 4.45. The summed E-state index contributed by atoms with van der Waals surface area (Å²) < 4.78 is 37.7. The van der Waals surface area contributed by atoms with Crippen molar-refractivity contribution in [1.29, 1.82) is 0 Å². The van der Waals surface area contributed by atoms with Gasteiger partial charge in [-0.15, -0.1) is 0 Å². The van der Waals surface area contributed by atoms with Crippen LogP contribution in [-0.2, 0) is 23.4 Å². The number of nitrogens with zero attached hydrogens (tertiary/aromatic N) is 1. The fourth-order valence-corrected chi connectivity index (χ4v) is 6.33. The minimum absolute atomic E-state index is 0.0328. The summed E-state index contributed by atoms with van der Waals surface area (Å²) in [5, 5.41) is 24.8. The van der Waals surface area contributed by atoms with Gasteiger partial charge in [-0.1, -0.05) is 11.6 Å². The lowest BCUT2D eigenvalue weighted by molar-refractivity contribution is -0.150. The van der Waals surface area contributed by atoms with Gasteiger partial charge in [0.15, 0.2) is 11.0 Å². The lowest BCUT2D eigenvalue weighted by atomic mass is 9.96. The highest BCUT2D eigenvalue weighted by Gasteiger charge is 2.54. The maximum Gasteiger partial charge on any atom is 0.459 e. The Morgan fingerprint density at radius 1 is 1.33 bits per heavy atom. The SMILES string of the molecule is C[C@H](N[P@](=O)(OC[C@H]1O[C@@H](n2ccc(=O)[nH]c2=S)[C@](C)(O)C1O)Oc1ccc(Cl)cc1)C(=O)OC1CCCC1. The smallest absolute Gasteiger partial charge is 0.459 e.